The number of halogens is 1. The van der Waals surface area contributed by atoms with E-state index >= 15 is 0 Å². The van der Waals surface area contributed by atoms with E-state index in [-0.39, 0.29) is 17.7 Å². The number of nitrogens with one attached hydrogen (secondary N) is 2. The van der Waals surface area contributed by atoms with Crippen LogP contribution in [0.25, 0.3) is 33.4 Å². The molecule has 0 spiro atoms. The van der Waals surface area contributed by atoms with Gasteiger partial charge >= 0.3 is 6.03 Å². The number of hydrogen-bond acceptors (Lipinski definition) is 6. The van der Waals surface area contributed by atoms with E-state index in [4.69, 9.17) is 27.1 Å². The van der Waals surface area contributed by atoms with Crippen molar-refractivity contribution in [3.05, 3.63) is 65.8 Å². The van der Waals surface area contributed by atoms with Crippen LogP contribution in [0, 0.1) is 5.92 Å². The zero-order valence-electron chi connectivity index (χ0n) is 19.0. The summed E-state index contributed by atoms with van der Waals surface area (Å²) in [5, 5.41) is 7.04. The second kappa shape index (κ2) is 10.2. The molecule has 35 heavy (non-hydrogen) atoms. The number of aromatic nitrogens is 3. The highest BCUT2D eigenvalue weighted by Crippen LogP contribution is 2.35. The molecule has 0 atom stereocenters. The van der Waals surface area contributed by atoms with Crippen LogP contribution < -0.4 is 16.4 Å². The smallest absolute Gasteiger partial charge is 0.320 e. The molecule has 9 heteroatoms. The van der Waals surface area contributed by atoms with Crippen molar-refractivity contribution in [2.75, 3.05) is 30.8 Å². The van der Waals surface area contributed by atoms with Crippen LogP contribution in [0.15, 0.2) is 60.8 Å². The Balaban J connectivity index is 1.50. The number of benzene rings is 2. The molecule has 0 aliphatic carbocycles. The van der Waals surface area contributed by atoms with Crippen LogP contribution in [-0.4, -0.2) is 40.7 Å². The highest BCUT2D eigenvalue weighted by atomic mass is 35.5. The fraction of sp³-hybridized carbons (Fsp3) is 0.231. The predicted octanol–water partition coefficient (Wildman–Crippen LogP) is 5.14. The van der Waals surface area contributed by atoms with Gasteiger partial charge in [-0.05, 0) is 37.0 Å². The molecule has 1 fully saturated rings. The summed E-state index contributed by atoms with van der Waals surface area (Å²) in [5.74, 6) is 0.705. The summed E-state index contributed by atoms with van der Waals surface area (Å²) in [4.78, 5) is 26.4. The van der Waals surface area contributed by atoms with Crippen molar-refractivity contribution < 1.29 is 9.53 Å². The molecule has 1 saturated heterocycles. The number of hydrogen-bond donors (Lipinski definition) is 3. The molecule has 5 rings (SSSR count). The minimum atomic E-state index is -0.378. The van der Waals surface area contributed by atoms with Crippen LogP contribution in [-0.2, 0) is 4.74 Å². The molecule has 0 radical (unpaired) electrons. The van der Waals surface area contributed by atoms with Crippen molar-refractivity contribution in [3.8, 4) is 22.5 Å². The Morgan fingerprint density at radius 2 is 1.80 bits per heavy atom. The first-order valence-corrected chi connectivity index (χ1v) is 11.9. The van der Waals surface area contributed by atoms with E-state index < -0.39 is 0 Å². The molecule has 0 bridgehead atoms. The molecule has 178 valence electrons. The van der Waals surface area contributed by atoms with E-state index in [0.29, 0.717) is 34.4 Å². The van der Waals surface area contributed by atoms with Gasteiger partial charge in [-0.3, -0.25) is 10.3 Å². The summed E-state index contributed by atoms with van der Waals surface area (Å²) in [6, 6.07) is 16.8. The quantitative estimate of drug-likeness (QED) is 0.358. The van der Waals surface area contributed by atoms with Crippen LogP contribution in [0.1, 0.15) is 12.8 Å². The molecule has 0 saturated carbocycles. The topological polar surface area (TPSA) is 115 Å². The van der Waals surface area contributed by atoms with Gasteiger partial charge in [0.25, 0.3) is 0 Å². The van der Waals surface area contributed by atoms with Crippen LogP contribution in [0.3, 0.4) is 0 Å². The maximum absolute atomic E-state index is 12.6. The Bertz CT molecular complexity index is 1360. The molecular formula is C26H25ClN6O2. The number of carbonyl (C=O) groups excluding carboxylic acids is 1. The van der Waals surface area contributed by atoms with Crippen molar-refractivity contribution in [2.24, 2.45) is 5.92 Å². The van der Waals surface area contributed by atoms with E-state index in [1.54, 1.807) is 12.3 Å². The van der Waals surface area contributed by atoms with Gasteiger partial charge in [-0.15, -0.1) is 0 Å². The van der Waals surface area contributed by atoms with Crippen molar-refractivity contribution in [3.63, 3.8) is 0 Å². The molecule has 2 amide bonds. The Labute approximate surface area is 207 Å². The average molecular weight is 489 g/mol. The van der Waals surface area contributed by atoms with Gasteiger partial charge < -0.3 is 15.8 Å². The lowest BCUT2D eigenvalue weighted by atomic mass is 10.0. The largest absolute Gasteiger partial charge is 0.381 e. The lowest BCUT2D eigenvalue weighted by Gasteiger charge is -2.22. The molecule has 4 N–H and O–H groups in total. The van der Waals surface area contributed by atoms with Gasteiger partial charge in [0.2, 0.25) is 0 Å². The third-order valence-corrected chi connectivity index (χ3v) is 6.31. The first-order chi connectivity index (χ1) is 17.1. The number of urea groups is 1. The van der Waals surface area contributed by atoms with Gasteiger partial charge in [-0.1, -0.05) is 48.0 Å². The number of anilines is 2. The number of fused-ring (bicyclic) bond motifs is 1. The van der Waals surface area contributed by atoms with Crippen LogP contribution in [0.2, 0.25) is 5.02 Å². The maximum Gasteiger partial charge on any atom is 0.320 e. The fourth-order valence-electron chi connectivity index (χ4n) is 4.16. The lowest BCUT2D eigenvalue weighted by molar-refractivity contribution is 0.0671. The Hall–Kier alpha value is -3.75. The first kappa shape index (κ1) is 23.0. The fourth-order valence-corrected chi connectivity index (χ4v) is 4.44. The molecule has 2 aromatic heterocycles. The van der Waals surface area contributed by atoms with Crippen molar-refractivity contribution in [1.29, 1.82) is 0 Å². The molecule has 2 aromatic carbocycles. The summed E-state index contributed by atoms with van der Waals surface area (Å²) >= 11 is 6.56. The maximum atomic E-state index is 12.6. The van der Waals surface area contributed by atoms with Gasteiger partial charge in [0.15, 0.2) is 11.6 Å². The Morgan fingerprint density at radius 1 is 1.03 bits per heavy atom. The molecule has 3 heterocycles. The van der Waals surface area contributed by atoms with Gasteiger partial charge in [0.05, 0.1) is 21.9 Å². The second-order valence-electron chi connectivity index (χ2n) is 8.44. The van der Waals surface area contributed by atoms with Gasteiger partial charge in [0.1, 0.15) is 0 Å². The highest BCUT2D eigenvalue weighted by molar-refractivity contribution is 6.35. The normalized spacial score (nSPS) is 14.1. The number of rotatable bonds is 5. The SMILES string of the molecule is Nc1nc(-c2ccccc2)c(-c2cc(Cl)c3ncccc3c2)nc1NC(=O)NCC1CCOCC1. The van der Waals surface area contributed by atoms with Gasteiger partial charge in [-0.2, -0.15) is 0 Å². The molecule has 0 unspecified atom stereocenters. The van der Waals surface area contributed by atoms with Crippen molar-refractivity contribution >= 4 is 40.2 Å². The highest BCUT2D eigenvalue weighted by Gasteiger charge is 2.19. The van der Waals surface area contributed by atoms with Crippen LogP contribution in [0.5, 0.6) is 0 Å². The third-order valence-electron chi connectivity index (χ3n) is 6.03. The first-order valence-electron chi connectivity index (χ1n) is 11.5. The number of amides is 2. The lowest BCUT2D eigenvalue weighted by Crippen LogP contribution is -2.35. The zero-order chi connectivity index (χ0) is 24.2. The monoisotopic (exact) mass is 488 g/mol. The van der Waals surface area contributed by atoms with E-state index in [1.807, 2.05) is 48.5 Å². The zero-order valence-corrected chi connectivity index (χ0v) is 19.8. The van der Waals surface area contributed by atoms with E-state index in [2.05, 4.69) is 20.6 Å². The van der Waals surface area contributed by atoms with Gasteiger partial charge in [-0.25, -0.2) is 14.8 Å². The standard InChI is InChI=1S/C26H25ClN6O2/c27-20-14-19(13-18-7-4-10-29-21(18)20)23-22(17-5-2-1-3-6-17)31-24(28)25(32-23)33-26(34)30-15-16-8-11-35-12-9-16/h1-7,10,13-14,16H,8-9,11-12,15H2,(H2,28,31)(H2,30,32,33,34). The molecule has 8 nitrogen and oxygen atoms in total. The molecule has 4 aromatic rings. The average Bonchev–Trinajstić information content (AvgIpc) is 2.89. The summed E-state index contributed by atoms with van der Waals surface area (Å²) in [5.41, 5.74) is 9.68. The number of nitrogen functional groups attached to an aromatic ring is 1. The summed E-state index contributed by atoms with van der Waals surface area (Å²) in [6.07, 6.45) is 3.55. The molecule has 1 aliphatic rings. The van der Waals surface area contributed by atoms with Crippen molar-refractivity contribution in [2.45, 2.75) is 12.8 Å². The minimum absolute atomic E-state index is 0.127. The van der Waals surface area contributed by atoms with E-state index in [0.717, 1.165) is 42.6 Å². The Morgan fingerprint density at radius 3 is 2.60 bits per heavy atom. The number of ether oxygens (including phenoxy) is 1. The van der Waals surface area contributed by atoms with Crippen LogP contribution in [0.4, 0.5) is 16.4 Å². The number of nitrogens with zero attached hydrogens (tertiary/aromatic N) is 3. The van der Waals surface area contributed by atoms with Crippen LogP contribution >= 0.6 is 11.6 Å². The van der Waals surface area contributed by atoms with Crippen molar-refractivity contribution in [1.82, 2.24) is 20.3 Å². The van der Waals surface area contributed by atoms with E-state index in [1.165, 1.54) is 0 Å². The van der Waals surface area contributed by atoms with E-state index in [9.17, 15) is 4.79 Å². The number of nitrogens with two attached hydrogens (primary N) is 1. The minimum Gasteiger partial charge on any atom is -0.381 e. The number of carbonyl (C=O) groups is 1. The molecular weight excluding hydrogens is 464 g/mol. The van der Waals surface area contributed by atoms with Gasteiger partial charge in [0, 0.05) is 42.5 Å². The number of pyridine rings is 1. The Kier molecular flexibility index (Phi) is 6.74. The second-order valence-corrected chi connectivity index (χ2v) is 8.85. The third kappa shape index (κ3) is 5.18. The molecule has 1 aliphatic heterocycles. The predicted molar refractivity (Wildman–Crippen MR) is 138 cm³/mol. The summed E-state index contributed by atoms with van der Waals surface area (Å²) in [7, 11) is 0. The summed E-state index contributed by atoms with van der Waals surface area (Å²) < 4.78 is 5.38. The summed E-state index contributed by atoms with van der Waals surface area (Å²) in [6.45, 7) is 2.01.